The van der Waals surface area contributed by atoms with Crippen LogP contribution in [0.2, 0.25) is 0 Å². The van der Waals surface area contributed by atoms with Crippen molar-refractivity contribution in [2.45, 2.75) is 38.8 Å². The minimum Gasteiger partial charge on any atom is -0.341 e. The molecule has 2 aliphatic rings. The normalized spacial score (nSPS) is 25.2. The van der Waals surface area contributed by atoms with Gasteiger partial charge >= 0.3 is 0 Å². The summed E-state index contributed by atoms with van der Waals surface area (Å²) in [6.07, 6.45) is 2.31. The van der Waals surface area contributed by atoms with Gasteiger partial charge in [0.15, 0.2) is 0 Å². The molecule has 21 heavy (non-hydrogen) atoms. The molecule has 1 amide bonds. The van der Waals surface area contributed by atoms with Gasteiger partial charge in [-0.05, 0) is 43.7 Å². The molecule has 0 radical (unpaired) electrons. The third-order valence-corrected chi connectivity index (χ3v) is 5.64. The molecular weight excluding hydrogens is 282 g/mol. The van der Waals surface area contributed by atoms with Crippen LogP contribution in [0.3, 0.4) is 0 Å². The highest BCUT2D eigenvalue weighted by atomic mass is 32.1. The number of rotatable bonds is 3. The lowest BCUT2D eigenvalue weighted by atomic mass is 10.1. The molecule has 116 valence electrons. The van der Waals surface area contributed by atoms with Crippen molar-refractivity contribution in [1.82, 2.24) is 15.1 Å². The van der Waals surface area contributed by atoms with Crippen LogP contribution in [-0.4, -0.2) is 54.5 Å². The third kappa shape index (κ3) is 3.15. The van der Waals surface area contributed by atoms with Gasteiger partial charge in [-0.15, -0.1) is 11.3 Å². The van der Waals surface area contributed by atoms with Crippen molar-refractivity contribution in [2.75, 3.05) is 32.7 Å². The van der Waals surface area contributed by atoms with Crippen LogP contribution in [0.15, 0.2) is 11.4 Å². The van der Waals surface area contributed by atoms with Crippen LogP contribution in [0.4, 0.5) is 0 Å². The van der Waals surface area contributed by atoms with E-state index in [1.165, 1.54) is 10.4 Å². The van der Waals surface area contributed by atoms with Gasteiger partial charge in [-0.3, -0.25) is 9.69 Å². The minimum atomic E-state index is -0.0763. The van der Waals surface area contributed by atoms with E-state index in [2.05, 4.69) is 40.4 Å². The van der Waals surface area contributed by atoms with Gasteiger partial charge in [0.1, 0.15) is 6.04 Å². The van der Waals surface area contributed by atoms with Crippen LogP contribution in [0.25, 0.3) is 0 Å². The molecule has 0 saturated carbocycles. The molecule has 1 aromatic rings. The van der Waals surface area contributed by atoms with Gasteiger partial charge in [0.2, 0.25) is 5.91 Å². The van der Waals surface area contributed by atoms with Crippen molar-refractivity contribution >= 4 is 17.2 Å². The van der Waals surface area contributed by atoms with E-state index in [4.69, 9.17) is 0 Å². The maximum atomic E-state index is 13.1. The largest absolute Gasteiger partial charge is 0.341 e. The number of likely N-dealkylation sites (tertiary alicyclic amines) is 1. The van der Waals surface area contributed by atoms with Gasteiger partial charge in [-0.25, -0.2) is 0 Å². The molecule has 4 nitrogen and oxygen atoms in total. The predicted octanol–water partition coefficient (Wildman–Crippen LogP) is 2.01. The molecule has 2 saturated heterocycles. The average molecular weight is 307 g/mol. The first kappa shape index (κ1) is 15.0. The van der Waals surface area contributed by atoms with Crippen LogP contribution < -0.4 is 5.32 Å². The highest BCUT2D eigenvalue weighted by Gasteiger charge is 2.35. The number of amides is 1. The standard InChI is InChI=1S/C16H25N3OS/c1-12-5-10-21-15(12)14(16(20)18-7-3-4-8-18)19-9-6-17-13(2)11-19/h5,10,13-14,17H,3-4,6-9,11H2,1-2H3. The summed E-state index contributed by atoms with van der Waals surface area (Å²) in [6.45, 7) is 9.05. The second-order valence-electron chi connectivity index (χ2n) is 6.25. The number of nitrogens with zero attached hydrogens (tertiary/aromatic N) is 2. The Labute approximate surface area is 131 Å². The zero-order chi connectivity index (χ0) is 14.8. The molecule has 1 aromatic heterocycles. The van der Waals surface area contributed by atoms with E-state index in [1.807, 2.05) is 0 Å². The van der Waals surface area contributed by atoms with Crippen LogP contribution in [-0.2, 0) is 4.79 Å². The topological polar surface area (TPSA) is 35.6 Å². The van der Waals surface area contributed by atoms with Crippen molar-refractivity contribution in [3.8, 4) is 0 Å². The smallest absolute Gasteiger partial charge is 0.245 e. The first-order chi connectivity index (χ1) is 10.2. The van der Waals surface area contributed by atoms with Crippen molar-refractivity contribution in [3.05, 3.63) is 21.9 Å². The zero-order valence-corrected chi connectivity index (χ0v) is 13.8. The Hall–Kier alpha value is -0.910. The van der Waals surface area contributed by atoms with E-state index in [1.54, 1.807) is 11.3 Å². The first-order valence-corrected chi connectivity index (χ1v) is 8.85. The second kappa shape index (κ2) is 6.46. The van der Waals surface area contributed by atoms with Crippen LogP contribution >= 0.6 is 11.3 Å². The Morgan fingerprint density at radius 1 is 1.38 bits per heavy atom. The first-order valence-electron chi connectivity index (χ1n) is 7.97. The predicted molar refractivity (Wildman–Crippen MR) is 86.6 cm³/mol. The van der Waals surface area contributed by atoms with Gasteiger partial charge < -0.3 is 10.2 Å². The number of thiophene rings is 1. The number of nitrogens with one attached hydrogen (secondary N) is 1. The van der Waals surface area contributed by atoms with Gasteiger partial charge in [-0.2, -0.15) is 0 Å². The molecule has 2 fully saturated rings. The van der Waals surface area contributed by atoms with Crippen molar-refractivity contribution in [3.63, 3.8) is 0 Å². The Balaban J connectivity index is 1.87. The number of hydrogen-bond donors (Lipinski definition) is 1. The number of piperazine rings is 1. The fourth-order valence-electron chi connectivity index (χ4n) is 3.41. The summed E-state index contributed by atoms with van der Waals surface area (Å²) in [5, 5.41) is 5.58. The molecule has 0 aliphatic carbocycles. The summed E-state index contributed by atoms with van der Waals surface area (Å²) in [5.74, 6) is 0.312. The van der Waals surface area contributed by atoms with E-state index in [0.717, 1.165) is 45.6 Å². The molecule has 5 heteroatoms. The summed E-state index contributed by atoms with van der Waals surface area (Å²) in [7, 11) is 0. The number of aryl methyl sites for hydroxylation is 1. The zero-order valence-electron chi connectivity index (χ0n) is 13.0. The number of carbonyl (C=O) groups is 1. The summed E-state index contributed by atoms with van der Waals surface area (Å²) in [6, 6.07) is 2.51. The minimum absolute atomic E-state index is 0.0763. The Bertz CT molecular complexity index is 495. The highest BCUT2D eigenvalue weighted by Crippen LogP contribution is 2.32. The Kier molecular flexibility index (Phi) is 4.62. The molecule has 1 N–H and O–H groups in total. The lowest BCUT2D eigenvalue weighted by molar-refractivity contribution is -0.136. The molecule has 0 spiro atoms. The number of carbonyl (C=O) groups excluding carboxylic acids is 1. The fourth-order valence-corrected chi connectivity index (χ4v) is 4.46. The second-order valence-corrected chi connectivity index (χ2v) is 7.20. The lowest BCUT2D eigenvalue weighted by Gasteiger charge is -2.38. The Morgan fingerprint density at radius 2 is 2.14 bits per heavy atom. The van der Waals surface area contributed by atoms with E-state index in [0.29, 0.717) is 11.9 Å². The maximum absolute atomic E-state index is 13.1. The van der Waals surface area contributed by atoms with Gasteiger partial charge in [0.25, 0.3) is 0 Å². The van der Waals surface area contributed by atoms with E-state index < -0.39 is 0 Å². The van der Waals surface area contributed by atoms with E-state index in [9.17, 15) is 4.79 Å². The van der Waals surface area contributed by atoms with Gasteiger partial charge in [0.05, 0.1) is 0 Å². The van der Waals surface area contributed by atoms with Crippen LogP contribution in [0.1, 0.15) is 36.2 Å². The molecule has 2 aliphatic heterocycles. The Morgan fingerprint density at radius 3 is 2.76 bits per heavy atom. The third-order valence-electron chi connectivity index (χ3n) is 4.57. The summed E-state index contributed by atoms with van der Waals surface area (Å²) in [5.41, 5.74) is 1.25. The number of hydrogen-bond acceptors (Lipinski definition) is 4. The van der Waals surface area contributed by atoms with Crippen LogP contribution in [0.5, 0.6) is 0 Å². The quantitative estimate of drug-likeness (QED) is 0.928. The molecule has 3 rings (SSSR count). The lowest BCUT2D eigenvalue weighted by Crippen LogP contribution is -2.53. The van der Waals surface area contributed by atoms with E-state index >= 15 is 0 Å². The van der Waals surface area contributed by atoms with Gasteiger partial charge in [0, 0.05) is 43.6 Å². The molecule has 2 atom stereocenters. The average Bonchev–Trinajstić information content (AvgIpc) is 3.11. The highest BCUT2D eigenvalue weighted by molar-refractivity contribution is 7.10. The summed E-state index contributed by atoms with van der Waals surface area (Å²) in [4.78, 5) is 18.8. The SMILES string of the molecule is Cc1ccsc1C(C(=O)N1CCCC1)N1CCNC(C)C1. The monoisotopic (exact) mass is 307 g/mol. The summed E-state index contributed by atoms with van der Waals surface area (Å²) < 4.78 is 0. The molecule has 2 unspecified atom stereocenters. The van der Waals surface area contributed by atoms with Crippen LogP contribution in [0, 0.1) is 6.92 Å². The van der Waals surface area contributed by atoms with Gasteiger partial charge in [-0.1, -0.05) is 0 Å². The maximum Gasteiger partial charge on any atom is 0.245 e. The van der Waals surface area contributed by atoms with Crippen molar-refractivity contribution in [2.24, 2.45) is 0 Å². The molecule has 0 aromatic carbocycles. The summed E-state index contributed by atoms with van der Waals surface area (Å²) >= 11 is 1.73. The molecule has 0 bridgehead atoms. The van der Waals surface area contributed by atoms with Crippen molar-refractivity contribution < 1.29 is 4.79 Å². The van der Waals surface area contributed by atoms with E-state index in [-0.39, 0.29) is 6.04 Å². The molecular formula is C16H25N3OS. The fraction of sp³-hybridized carbons (Fsp3) is 0.688. The van der Waals surface area contributed by atoms with Crippen molar-refractivity contribution in [1.29, 1.82) is 0 Å². The molecule has 3 heterocycles.